The van der Waals surface area contributed by atoms with Crippen molar-refractivity contribution < 1.29 is 43.8 Å². The number of hydrogen-bond acceptors (Lipinski definition) is 9. The number of nitrogens with two attached hydrogens (primary N) is 1. The molecule has 0 aliphatic carbocycles. The van der Waals surface area contributed by atoms with Gasteiger partial charge in [-0.05, 0) is 48.2 Å². The second-order valence-corrected chi connectivity index (χ2v) is 13.6. The lowest BCUT2D eigenvalue weighted by molar-refractivity contribution is -0.147. The van der Waals surface area contributed by atoms with Crippen molar-refractivity contribution in [3.05, 3.63) is 59.7 Å². The number of carbonyl (C=O) groups is 4. The average Bonchev–Trinajstić information content (AvgIpc) is 3.04. The van der Waals surface area contributed by atoms with Gasteiger partial charge in [-0.2, -0.15) is 0 Å². The molecule has 2 aromatic carbocycles. The predicted molar refractivity (Wildman–Crippen MR) is 183 cm³/mol. The molecule has 6 atom stereocenters. The molecule has 0 saturated heterocycles. The van der Waals surface area contributed by atoms with Crippen LogP contribution < -0.4 is 16.4 Å². The Bertz CT molecular complexity index is 1360. The Morgan fingerprint density at radius 2 is 1.31 bits per heavy atom. The average molecular weight is 691 g/mol. The summed E-state index contributed by atoms with van der Waals surface area (Å²) in [7, 11) is -0.00884. The molecule has 0 fully saturated rings. The highest BCUT2D eigenvalue weighted by atomic mass is 32.2. The number of rotatable bonds is 21. The highest BCUT2D eigenvalue weighted by molar-refractivity contribution is 7.84. The first-order valence-electron chi connectivity index (χ1n) is 16.1. The molecule has 8 N–H and O–H groups in total. The molecule has 3 amide bonds. The van der Waals surface area contributed by atoms with Crippen molar-refractivity contribution in [2.75, 3.05) is 19.1 Å². The van der Waals surface area contributed by atoms with Crippen LogP contribution in [0, 0.1) is 0 Å². The summed E-state index contributed by atoms with van der Waals surface area (Å²) in [6.07, 6.45) is 4.81. The molecule has 14 heteroatoms. The fourth-order valence-electron chi connectivity index (χ4n) is 5.15. The van der Waals surface area contributed by atoms with Gasteiger partial charge < -0.3 is 41.7 Å². The number of aliphatic hydroxyl groups is 1. The van der Waals surface area contributed by atoms with Crippen molar-refractivity contribution in [2.24, 2.45) is 5.73 Å². The molecule has 0 radical (unpaired) electrons. The third kappa shape index (κ3) is 13.6. The van der Waals surface area contributed by atoms with Crippen molar-refractivity contribution >= 4 is 34.5 Å². The molecule has 1 unspecified atom stereocenters. The number of hydrogen-bond donors (Lipinski definition) is 7. The lowest BCUT2D eigenvalue weighted by atomic mass is 10.0. The van der Waals surface area contributed by atoms with Crippen LogP contribution >= 0.6 is 0 Å². The lowest BCUT2D eigenvalue weighted by Crippen LogP contribution is -2.58. The Morgan fingerprint density at radius 1 is 0.812 bits per heavy atom. The SMILES string of the molecule is CCCCCCC[C@H](N)[C@H](O)C(=O)N(C)[C@@H](CCS(C)=O)C(=O)N[C@@H](Cc1ccc(O)cc1)C(=O)N[C@@H](Cc1ccc(O)cc1)C(=O)O. The maximum Gasteiger partial charge on any atom is 0.326 e. The molecule has 2 rings (SSSR count). The summed E-state index contributed by atoms with van der Waals surface area (Å²) >= 11 is 0. The van der Waals surface area contributed by atoms with Gasteiger partial charge in [0.15, 0.2) is 0 Å². The van der Waals surface area contributed by atoms with Gasteiger partial charge in [0.05, 0.1) is 0 Å². The summed E-state index contributed by atoms with van der Waals surface area (Å²) in [5, 5.41) is 45.0. The molecule has 48 heavy (non-hydrogen) atoms. The predicted octanol–water partition coefficient (Wildman–Crippen LogP) is 1.58. The first-order chi connectivity index (χ1) is 22.7. The van der Waals surface area contributed by atoms with Gasteiger partial charge in [0, 0.05) is 48.7 Å². The number of phenolic OH excluding ortho intramolecular Hbond substituents is 2. The first kappa shape index (κ1) is 40.2. The number of aliphatic hydroxyl groups excluding tert-OH is 1. The molecule has 13 nitrogen and oxygen atoms in total. The van der Waals surface area contributed by atoms with Crippen LogP contribution in [0.2, 0.25) is 0 Å². The largest absolute Gasteiger partial charge is 0.508 e. The second kappa shape index (κ2) is 20.4. The molecular weight excluding hydrogens is 640 g/mol. The number of nitrogens with zero attached hydrogens (tertiary/aromatic N) is 1. The molecule has 0 aromatic heterocycles. The molecule has 0 aliphatic rings. The van der Waals surface area contributed by atoms with Crippen LogP contribution in [0.1, 0.15) is 63.0 Å². The molecule has 0 spiro atoms. The standard InChI is InChI=1S/C34H50N4O9S/c1-4-5-6-7-8-9-26(35)30(41)33(44)38(2)29(18-19-48(3)47)32(43)36-27(20-22-10-14-24(39)15-11-22)31(42)37-28(34(45)46)21-23-12-16-25(40)17-13-23/h10-17,26-30,39-41H,4-9,18-21,35H2,1-3H3,(H,36,43)(H,37,42)(H,45,46)/t26-,27-,28-,29-,30-,48?/m0/s1. The minimum absolute atomic E-state index is 0.00634. The van der Waals surface area contributed by atoms with Crippen molar-refractivity contribution in [2.45, 2.75) is 95.0 Å². The van der Waals surface area contributed by atoms with E-state index >= 15 is 0 Å². The monoisotopic (exact) mass is 690 g/mol. The highest BCUT2D eigenvalue weighted by Crippen LogP contribution is 2.16. The van der Waals surface area contributed by atoms with Crippen molar-refractivity contribution in [3.8, 4) is 11.5 Å². The topological polar surface area (TPSA) is 220 Å². The van der Waals surface area contributed by atoms with E-state index in [0.717, 1.165) is 37.0 Å². The molecule has 0 saturated carbocycles. The number of likely N-dealkylation sites (N-methyl/N-ethyl adjacent to an activating group) is 1. The smallest absolute Gasteiger partial charge is 0.326 e. The van der Waals surface area contributed by atoms with Crippen molar-refractivity contribution in [1.29, 1.82) is 0 Å². The Morgan fingerprint density at radius 3 is 1.81 bits per heavy atom. The Balaban J connectivity index is 2.29. The quantitative estimate of drug-likeness (QED) is 0.0938. The number of nitrogens with one attached hydrogen (secondary N) is 2. The van der Waals surface area contributed by atoms with E-state index in [1.807, 2.05) is 0 Å². The second-order valence-electron chi connectivity index (χ2n) is 12.0. The van der Waals surface area contributed by atoms with E-state index in [-0.39, 0.29) is 36.5 Å². The van der Waals surface area contributed by atoms with Crippen LogP contribution in [-0.2, 0) is 42.8 Å². The van der Waals surface area contributed by atoms with Crippen molar-refractivity contribution in [3.63, 3.8) is 0 Å². The zero-order valence-corrected chi connectivity index (χ0v) is 28.7. The van der Waals surface area contributed by atoms with E-state index in [2.05, 4.69) is 17.6 Å². The fourth-order valence-corrected chi connectivity index (χ4v) is 5.71. The van der Waals surface area contributed by atoms with Gasteiger partial charge in [0.2, 0.25) is 11.8 Å². The number of unbranched alkanes of at least 4 members (excludes halogenated alkanes) is 4. The molecule has 0 bridgehead atoms. The van der Waals surface area contributed by atoms with E-state index in [9.17, 15) is 43.8 Å². The van der Waals surface area contributed by atoms with Gasteiger partial charge in [0.1, 0.15) is 35.7 Å². The fraction of sp³-hybridized carbons (Fsp3) is 0.529. The van der Waals surface area contributed by atoms with E-state index in [1.54, 1.807) is 12.1 Å². The number of carboxylic acid groups (broad SMARTS) is 1. The zero-order chi connectivity index (χ0) is 35.8. The van der Waals surface area contributed by atoms with Crippen LogP contribution in [0.25, 0.3) is 0 Å². The first-order valence-corrected chi connectivity index (χ1v) is 17.9. The Kier molecular flexibility index (Phi) is 17.1. The zero-order valence-electron chi connectivity index (χ0n) is 27.8. The lowest BCUT2D eigenvalue weighted by Gasteiger charge is -2.32. The third-order valence-electron chi connectivity index (χ3n) is 8.10. The highest BCUT2D eigenvalue weighted by Gasteiger charge is 2.35. The summed E-state index contributed by atoms with van der Waals surface area (Å²) in [4.78, 5) is 53.9. The van der Waals surface area contributed by atoms with Crippen LogP contribution in [0.4, 0.5) is 0 Å². The number of aliphatic carboxylic acids is 1. The number of phenols is 2. The number of aromatic hydroxyl groups is 2. The third-order valence-corrected chi connectivity index (χ3v) is 8.91. The van der Waals surface area contributed by atoms with Gasteiger partial charge in [-0.25, -0.2) is 4.79 Å². The number of carbonyl (C=O) groups excluding carboxylic acids is 3. The van der Waals surface area contributed by atoms with Gasteiger partial charge >= 0.3 is 5.97 Å². The van der Waals surface area contributed by atoms with Crippen LogP contribution in [0.15, 0.2) is 48.5 Å². The number of carboxylic acids is 1. The Labute approximate surface area is 284 Å². The van der Waals surface area contributed by atoms with E-state index < -0.39 is 64.8 Å². The van der Waals surface area contributed by atoms with Gasteiger partial charge in [-0.1, -0.05) is 63.3 Å². The summed E-state index contributed by atoms with van der Waals surface area (Å²) in [5.41, 5.74) is 7.21. The van der Waals surface area contributed by atoms with E-state index in [4.69, 9.17) is 5.73 Å². The summed E-state index contributed by atoms with van der Waals surface area (Å²) in [6.45, 7) is 2.10. The number of benzene rings is 2. The molecule has 2 aromatic rings. The summed E-state index contributed by atoms with van der Waals surface area (Å²) < 4.78 is 12.0. The Hall–Kier alpha value is -4.01. The minimum atomic E-state index is -1.59. The van der Waals surface area contributed by atoms with Crippen molar-refractivity contribution in [1.82, 2.24) is 15.5 Å². The summed E-state index contributed by atoms with van der Waals surface area (Å²) in [6, 6.07) is 6.90. The summed E-state index contributed by atoms with van der Waals surface area (Å²) in [5.74, 6) is -3.70. The van der Waals surface area contributed by atoms with Gasteiger partial charge in [-0.3, -0.25) is 18.6 Å². The maximum absolute atomic E-state index is 13.8. The maximum atomic E-state index is 13.8. The van der Waals surface area contributed by atoms with E-state index in [0.29, 0.717) is 17.5 Å². The number of amides is 3. The molecule has 0 aliphatic heterocycles. The van der Waals surface area contributed by atoms with Crippen LogP contribution in [0.5, 0.6) is 11.5 Å². The molecule has 0 heterocycles. The molecule has 266 valence electrons. The van der Waals surface area contributed by atoms with Gasteiger partial charge in [-0.15, -0.1) is 0 Å². The van der Waals surface area contributed by atoms with E-state index in [1.165, 1.54) is 49.7 Å². The van der Waals surface area contributed by atoms with Crippen LogP contribution in [-0.4, -0.2) is 103 Å². The molecular formula is C34H50N4O9S. The van der Waals surface area contributed by atoms with Gasteiger partial charge in [0.25, 0.3) is 5.91 Å². The normalized spacial score (nSPS) is 14.9. The minimum Gasteiger partial charge on any atom is -0.508 e. The van der Waals surface area contributed by atoms with Crippen LogP contribution in [0.3, 0.4) is 0 Å².